The number of carbonyl (C=O) groups is 1. The number of nitrogens with one attached hydrogen (secondary N) is 1. The first kappa shape index (κ1) is 14.8. The molecular formula is C15H24N4O. The second kappa shape index (κ2) is 6.68. The fourth-order valence-electron chi connectivity index (χ4n) is 2.74. The zero-order valence-electron chi connectivity index (χ0n) is 12.6. The third kappa shape index (κ3) is 3.46. The number of hydrogen-bond donors (Lipinski definition) is 1. The van der Waals surface area contributed by atoms with Crippen molar-refractivity contribution in [2.45, 2.75) is 45.6 Å². The van der Waals surface area contributed by atoms with Gasteiger partial charge in [0.15, 0.2) is 0 Å². The van der Waals surface area contributed by atoms with Gasteiger partial charge in [-0.3, -0.25) is 9.78 Å². The summed E-state index contributed by atoms with van der Waals surface area (Å²) >= 11 is 0. The number of amides is 1. The normalized spacial score (nSPS) is 15.6. The summed E-state index contributed by atoms with van der Waals surface area (Å²) in [7, 11) is 1.78. The van der Waals surface area contributed by atoms with E-state index in [-0.39, 0.29) is 5.91 Å². The van der Waals surface area contributed by atoms with E-state index >= 15 is 0 Å². The Kier molecular flexibility index (Phi) is 4.93. The lowest BCUT2D eigenvalue weighted by atomic mass is 10.1. The third-order valence-corrected chi connectivity index (χ3v) is 3.70. The molecule has 5 nitrogen and oxygen atoms in total. The van der Waals surface area contributed by atoms with Crippen LogP contribution >= 0.6 is 0 Å². The number of aromatic nitrogens is 2. The van der Waals surface area contributed by atoms with Crippen LogP contribution in [0.4, 0.5) is 5.82 Å². The highest BCUT2D eigenvalue weighted by Crippen LogP contribution is 2.25. The SMILES string of the molecule is CNc1cncc(C(=O)N(CC(C)C)C2CCCC2)n1. The predicted octanol–water partition coefficient (Wildman–Crippen LogP) is 2.56. The number of carbonyl (C=O) groups excluding carboxylic acids is 1. The minimum atomic E-state index is 0.00944. The highest BCUT2D eigenvalue weighted by atomic mass is 16.2. The van der Waals surface area contributed by atoms with Crippen LogP contribution in [0.3, 0.4) is 0 Å². The van der Waals surface area contributed by atoms with E-state index in [4.69, 9.17) is 0 Å². The quantitative estimate of drug-likeness (QED) is 0.898. The Balaban J connectivity index is 2.20. The van der Waals surface area contributed by atoms with Gasteiger partial charge in [0.2, 0.25) is 0 Å². The van der Waals surface area contributed by atoms with Gasteiger partial charge < -0.3 is 10.2 Å². The van der Waals surface area contributed by atoms with E-state index in [0.717, 1.165) is 19.4 Å². The molecule has 1 amide bonds. The lowest BCUT2D eigenvalue weighted by Gasteiger charge is -2.30. The first-order valence-electron chi connectivity index (χ1n) is 7.42. The molecule has 0 aromatic carbocycles. The van der Waals surface area contributed by atoms with Crippen LogP contribution in [-0.2, 0) is 0 Å². The lowest BCUT2D eigenvalue weighted by Crippen LogP contribution is -2.41. The van der Waals surface area contributed by atoms with E-state index in [1.807, 2.05) is 4.90 Å². The predicted molar refractivity (Wildman–Crippen MR) is 79.7 cm³/mol. The lowest BCUT2D eigenvalue weighted by molar-refractivity contribution is 0.0649. The van der Waals surface area contributed by atoms with Crippen molar-refractivity contribution in [1.82, 2.24) is 14.9 Å². The molecule has 1 aromatic rings. The van der Waals surface area contributed by atoms with Crippen molar-refractivity contribution >= 4 is 11.7 Å². The Morgan fingerprint density at radius 1 is 1.40 bits per heavy atom. The number of nitrogens with zero attached hydrogens (tertiary/aromatic N) is 3. The second-order valence-electron chi connectivity index (χ2n) is 5.83. The molecule has 1 fully saturated rings. The van der Waals surface area contributed by atoms with Crippen LogP contribution in [0.15, 0.2) is 12.4 Å². The summed E-state index contributed by atoms with van der Waals surface area (Å²) in [5.41, 5.74) is 0.435. The Bertz CT molecular complexity index is 455. The average Bonchev–Trinajstić information content (AvgIpc) is 2.98. The van der Waals surface area contributed by atoms with Crippen LogP contribution in [0.5, 0.6) is 0 Å². The average molecular weight is 276 g/mol. The molecule has 0 bridgehead atoms. The number of hydrogen-bond acceptors (Lipinski definition) is 4. The summed E-state index contributed by atoms with van der Waals surface area (Å²) in [6.07, 6.45) is 7.84. The molecule has 0 unspecified atom stereocenters. The van der Waals surface area contributed by atoms with Crippen molar-refractivity contribution in [3.8, 4) is 0 Å². The van der Waals surface area contributed by atoms with Gasteiger partial charge in [-0.25, -0.2) is 4.98 Å². The molecule has 1 N–H and O–H groups in total. The molecule has 0 spiro atoms. The topological polar surface area (TPSA) is 58.1 Å². The van der Waals surface area contributed by atoms with Crippen molar-refractivity contribution in [1.29, 1.82) is 0 Å². The van der Waals surface area contributed by atoms with Crippen molar-refractivity contribution in [3.05, 3.63) is 18.1 Å². The maximum Gasteiger partial charge on any atom is 0.274 e. The zero-order valence-corrected chi connectivity index (χ0v) is 12.6. The van der Waals surface area contributed by atoms with Crippen LogP contribution in [0.2, 0.25) is 0 Å². The van der Waals surface area contributed by atoms with Gasteiger partial charge in [-0.1, -0.05) is 26.7 Å². The van der Waals surface area contributed by atoms with Crippen molar-refractivity contribution in [2.24, 2.45) is 5.92 Å². The Morgan fingerprint density at radius 3 is 2.70 bits per heavy atom. The van der Waals surface area contributed by atoms with Crippen molar-refractivity contribution in [2.75, 3.05) is 18.9 Å². The van der Waals surface area contributed by atoms with Gasteiger partial charge in [-0.05, 0) is 18.8 Å². The van der Waals surface area contributed by atoms with E-state index in [1.165, 1.54) is 12.8 Å². The summed E-state index contributed by atoms with van der Waals surface area (Å²) < 4.78 is 0. The molecule has 0 saturated heterocycles. The molecule has 5 heteroatoms. The second-order valence-corrected chi connectivity index (χ2v) is 5.83. The monoisotopic (exact) mass is 276 g/mol. The standard InChI is InChI=1S/C15H24N4O/c1-11(2)10-19(12-6-4-5-7-12)15(20)13-8-17-9-14(16-3)18-13/h8-9,11-12H,4-7,10H2,1-3H3,(H,16,18). The highest BCUT2D eigenvalue weighted by molar-refractivity contribution is 5.92. The molecule has 0 atom stereocenters. The van der Waals surface area contributed by atoms with E-state index in [2.05, 4.69) is 29.1 Å². The largest absolute Gasteiger partial charge is 0.372 e. The number of anilines is 1. The van der Waals surface area contributed by atoms with Crippen molar-refractivity contribution in [3.63, 3.8) is 0 Å². The third-order valence-electron chi connectivity index (χ3n) is 3.70. The van der Waals surface area contributed by atoms with E-state index < -0.39 is 0 Å². The van der Waals surface area contributed by atoms with Gasteiger partial charge in [0.05, 0.1) is 12.4 Å². The molecule has 0 radical (unpaired) electrons. The maximum absolute atomic E-state index is 12.7. The summed E-state index contributed by atoms with van der Waals surface area (Å²) in [6, 6.07) is 0.366. The van der Waals surface area contributed by atoms with Gasteiger partial charge in [0.1, 0.15) is 11.5 Å². The van der Waals surface area contributed by atoms with Crippen LogP contribution in [-0.4, -0.2) is 40.4 Å². The van der Waals surface area contributed by atoms with E-state index in [0.29, 0.717) is 23.5 Å². The van der Waals surface area contributed by atoms with E-state index in [1.54, 1.807) is 19.4 Å². The van der Waals surface area contributed by atoms with Gasteiger partial charge in [0.25, 0.3) is 5.91 Å². The molecule has 0 aliphatic heterocycles. The smallest absolute Gasteiger partial charge is 0.274 e. The molecule has 1 aromatic heterocycles. The van der Waals surface area contributed by atoms with Crippen LogP contribution < -0.4 is 5.32 Å². The summed E-state index contributed by atoms with van der Waals surface area (Å²) in [5.74, 6) is 1.10. The Hall–Kier alpha value is -1.65. The fourth-order valence-corrected chi connectivity index (χ4v) is 2.74. The molecule has 1 aliphatic rings. The molecule has 1 aliphatic carbocycles. The van der Waals surface area contributed by atoms with Crippen LogP contribution in [0, 0.1) is 5.92 Å². The van der Waals surface area contributed by atoms with Gasteiger partial charge >= 0.3 is 0 Å². The minimum Gasteiger partial charge on any atom is -0.372 e. The summed E-state index contributed by atoms with van der Waals surface area (Å²) in [5, 5.41) is 2.93. The van der Waals surface area contributed by atoms with Gasteiger partial charge in [-0.15, -0.1) is 0 Å². The highest BCUT2D eigenvalue weighted by Gasteiger charge is 2.28. The first-order chi connectivity index (χ1) is 9.61. The molecule has 110 valence electrons. The number of rotatable bonds is 5. The van der Waals surface area contributed by atoms with Gasteiger partial charge in [0, 0.05) is 19.6 Å². The van der Waals surface area contributed by atoms with Crippen LogP contribution in [0.1, 0.15) is 50.0 Å². The van der Waals surface area contributed by atoms with Crippen LogP contribution in [0.25, 0.3) is 0 Å². The van der Waals surface area contributed by atoms with Gasteiger partial charge in [-0.2, -0.15) is 0 Å². The Labute approximate surface area is 120 Å². The molecule has 1 saturated carbocycles. The summed E-state index contributed by atoms with van der Waals surface area (Å²) in [6.45, 7) is 5.07. The molecule has 20 heavy (non-hydrogen) atoms. The molecule has 2 rings (SSSR count). The van der Waals surface area contributed by atoms with E-state index in [9.17, 15) is 4.79 Å². The Morgan fingerprint density at radius 2 is 2.10 bits per heavy atom. The maximum atomic E-state index is 12.7. The fraction of sp³-hybridized carbons (Fsp3) is 0.667. The first-order valence-corrected chi connectivity index (χ1v) is 7.42. The zero-order chi connectivity index (χ0) is 14.5. The molecular weight excluding hydrogens is 252 g/mol. The minimum absolute atomic E-state index is 0.00944. The molecule has 1 heterocycles. The summed E-state index contributed by atoms with van der Waals surface area (Å²) in [4.78, 5) is 23.2. The van der Waals surface area contributed by atoms with Crippen molar-refractivity contribution < 1.29 is 4.79 Å².